The van der Waals surface area contributed by atoms with Crippen LogP contribution in [-0.2, 0) is 23.9 Å². The molecule has 1 saturated heterocycles. The van der Waals surface area contributed by atoms with Crippen LogP contribution in [0.5, 0.6) is 11.5 Å². The fourth-order valence-electron chi connectivity index (χ4n) is 3.52. The van der Waals surface area contributed by atoms with E-state index in [1.54, 1.807) is 6.07 Å². The molecule has 2 N–H and O–H groups in total. The number of hydrazine groups is 1. The summed E-state index contributed by atoms with van der Waals surface area (Å²) in [7, 11) is 2.89. The number of rotatable bonds is 11. The first-order chi connectivity index (χ1) is 18.2. The third-order valence-corrected chi connectivity index (χ3v) is 5.50. The van der Waals surface area contributed by atoms with E-state index in [0.29, 0.717) is 35.8 Å². The first-order valence-corrected chi connectivity index (χ1v) is 11.8. The van der Waals surface area contributed by atoms with Crippen LogP contribution in [0, 0.1) is 5.92 Å². The zero-order valence-corrected chi connectivity index (χ0v) is 21.3. The summed E-state index contributed by atoms with van der Waals surface area (Å²) in [4.78, 5) is 61.5. The zero-order chi connectivity index (χ0) is 27.7. The number of nitrogens with zero attached hydrogens (tertiary/aromatic N) is 1. The molecule has 1 heterocycles. The summed E-state index contributed by atoms with van der Waals surface area (Å²) in [5.74, 6) is -2.93. The molecule has 0 spiro atoms. The number of anilines is 1. The number of hydrogen-bond donors (Lipinski definition) is 2. The molecule has 0 saturated carbocycles. The lowest BCUT2D eigenvalue weighted by Crippen LogP contribution is -2.43. The molecule has 0 bridgehead atoms. The fourth-order valence-corrected chi connectivity index (χ4v) is 3.52. The van der Waals surface area contributed by atoms with Gasteiger partial charge >= 0.3 is 11.9 Å². The summed E-state index contributed by atoms with van der Waals surface area (Å²) in [5, 5.41) is 3.59. The van der Waals surface area contributed by atoms with Crippen molar-refractivity contribution in [1.82, 2.24) is 10.4 Å². The van der Waals surface area contributed by atoms with Crippen molar-refractivity contribution in [2.75, 3.05) is 39.3 Å². The first-order valence-electron chi connectivity index (χ1n) is 11.8. The molecule has 2 aromatic carbocycles. The summed E-state index contributed by atoms with van der Waals surface area (Å²) in [6.07, 6.45) is 0.525. The number of amides is 3. The fraction of sp³-hybridized carbons (Fsp3) is 0.346. The lowest BCUT2D eigenvalue weighted by molar-refractivity contribution is -0.151. The maximum atomic E-state index is 12.6. The number of nitrogens with one attached hydrogen (secondary N) is 2. The molecule has 1 aliphatic heterocycles. The van der Waals surface area contributed by atoms with Gasteiger partial charge in [0.1, 0.15) is 11.5 Å². The Bertz CT molecular complexity index is 1170. The SMILES string of the molecule is CCCOC(=O)c1ccc(NC(=O)COC(=O)[C@@H]2CC(=O)N(NC(=O)c3cc(OC)cc(OC)c3)C2)cc1. The van der Waals surface area contributed by atoms with Gasteiger partial charge in [0.2, 0.25) is 5.91 Å². The van der Waals surface area contributed by atoms with Crippen LogP contribution < -0.4 is 20.2 Å². The van der Waals surface area contributed by atoms with Crippen molar-refractivity contribution in [2.45, 2.75) is 19.8 Å². The minimum absolute atomic E-state index is 0.109. The van der Waals surface area contributed by atoms with Crippen molar-refractivity contribution >= 4 is 35.3 Å². The molecular weight excluding hydrogens is 498 g/mol. The highest BCUT2D eigenvalue weighted by atomic mass is 16.5. The lowest BCUT2D eigenvalue weighted by Gasteiger charge is -2.18. The third kappa shape index (κ3) is 7.45. The molecule has 1 fully saturated rings. The number of hydrogen-bond acceptors (Lipinski definition) is 9. The van der Waals surface area contributed by atoms with Crippen LogP contribution >= 0.6 is 0 Å². The molecule has 1 atom stereocenters. The van der Waals surface area contributed by atoms with E-state index in [2.05, 4.69) is 10.7 Å². The standard InChI is InChI=1S/C26H29N3O9/c1-4-9-37-25(33)16-5-7-19(8-6-16)27-22(30)15-38-26(34)18-12-23(31)29(14-18)28-24(32)17-10-20(35-2)13-21(11-17)36-3/h5-8,10-11,13,18H,4,9,12,14-15H2,1-3H3,(H,27,30)(H,28,32)/t18-/m1/s1. The summed E-state index contributed by atoms with van der Waals surface area (Å²) in [5.41, 5.74) is 3.41. The Labute approximate surface area is 219 Å². The highest BCUT2D eigenvalue weighted by Gasteiger charge is 2.37. The van der Waals surface area contributed by atoms with Gasteiger partial charge in [-0.2, -0.15) is 0 Å². The average molecular weight is 528 g/mol. The van der Waals surface area contributed by atoms with Crippen molar-refractivity contribution in [3.05, 3.63) is 53.6 Å². The van der Waals surface area contributed by atoms with Crippen molar-refractivity contribution in [3.8, 4) is 11.5 Å². The Balaban J connectivity index is 1.47. The molecule has 3 amide bonds. The van der Waals surface area contributed by atoms with Gasteiger partial charge in [0, 0.05) is 23.7 Å². The van der Waals surface area contributed by atoms with Gasteiger partial charge in [-0.15, -0.1) is 0 Å². The summed E-state index contributed by atoms with van der Waals surface area (Å²) < 4.78 is 20.4. The Morgan fingerprint density at radius 2 is 1.61 bits per heavy atom. The van der Waals surface area contributed by atoms with Gasteiger partial charge in [-0.1, -0.05) is 6.92 Å². The normalized spacial score (nSPS) is 14.4. The summed E-state index contributed by atoms with van der Waals surface area (Å²) >= 11 is 0. The second-order valence-electron chi connectivity index (χ2n) is 8.32. The predicted molar refractivity (Wildman–Crippen MR) is 133 cm³/mol. The first kappa shape index (κ1) is 28.0. The van der Waals surface area contributed by atoms with E-state index in [9.17, 15) is 24.0 Å². The van der Waals surface area contributed by atoms with Crippen molar-refractivity contribution < 1.29 is 42.9 Å². The van der Waals surface area contributed by atoms with E-state index in [0.717, 1.165) is 5.01 Å². The second-order valence-corrected chi connectivity index (χ2v) is 8.32. The number of benzene rings is 2. The molecule has 0 radical (unpaired) electrons. The van der Waals surface area contributed by atoms with E-state index < -0.39 is 42.2 Å². The van der Waals surface area contributed by atoms with Crippen LogP contribution in [-0.4, -0.2) is 68.6 Å². The predicted octanol–water partition coefficient (Wildman–Crippen LogP) is 1.95. The van der Waals surface area contributed by atoms with Crippen LogP contribution in [0.2, 0.25) is 0 Å². The summed E-state index contributed by atoms with van der Waals surface area (Å²) in [6, 6.07) is 10.6. The van der Waals surface area contributed by atoms with E-state index in [4.69, 9.17) is 18.9 Å². The zero-order valence-electron chi connectivity index (χ0n) is 21.3. The van der Waals surface area contributed by atoms with Crippen molar-refractivity contribution in [2.24, 2.45) is 5.92 Å². The smallest absolute Gasteiger partial charge is 0.338 e. The summed E-state index contributed by atoms with van der Waals surface area (Å²) in [6.45, 7) is 1.53. The molecule has 38 heavy (non-hydrogen) atoms. The monoisotopic (exact) mass is 527 g/mol. The van der Waals surface area contributed by atoms with Crippen LogP contribution in [0.1, 0.15) is 40.5 Å². The molecule has 0 unspecified atom stereocenters. The molecule has 0 aromatic heterocycles. The highest BCUT2D eigenvalue weighted by Crippen LogP contribution is 2.23. The molecule has 1 aliphatic rings. The van der Waals surface area contributed by atoms with Gasteiger partial charge in [-0.3, -0.25) is 29.6 Å². The second kappa shape index (κ2) is 13.1. The van der Waals surface area contributed by atoms with Gasteiger partial charge in [0.15, 0.2) is 6.61 Å². The van der Waals surface area contributed by atoms with E-state index >= 15 is 0 Å². The van der Waals surface area contributed by atoms with Gasteiger partial charge in [-0.25, -0.2) is 4.79 Å². The molecule has 2 aromatic rings. The molecule has 3 rings (SSSR count). The molecule has 202 valence electrons. The van der Waals surface area contributed by atoms with Crippen molar-refractivity contribution in [3.63, 3.8) is 0 Å². The molecule has 0 aliphatic carbocycles. The lowest BCUT2D eigenvalue weighted by atomic mass is 10.1. The van der Waals surface area contributed by atoms with Gasteiger partial charge < -0.3 is 24.3 Å². The molecular formula is C26H29N3O9. The Morgan fingerprint density at radius 3 is 2.21 bits per heavy atom. The van der Waals surface area contributed by atoms with E-state index in [-0.39, 0.29) is 18.5 Å². The average Bonchev–Trinajstić information content (AvgIpc) is 3.30. The van der Waals surface area contributed by atoms with Crippen LogP contribution in [0.4, 0.5) is 5.69 Å². The number of carbonyl (C=O) groups is 5. The molecule has 12 heteroatoms. The number of methoxy groups -OCH3 is 2. The minimum Gasteiger partial charge on any atom is -0.497 e. The Kier molecular flexibility index (Phi) is 9.63. The van der Waals surface area contributed by atoms with Crippen LogP contribution in [0.3, 0.4) is 0 Å². The van der Waals surface area contributed by atoms with Gasteiger partial charge in [0.05, 0.1) is 38.9 Å². The highest BCUT2D eigenvalue weighted by molar-refractivity contribution is 5.98. The van der Waals surface area contributed by atoms with E-state index in [1.807, 2.05) is 6.92 Å². The van der Waals surface area contributed by atoms with Gasteiger partial charge in [0.25, 0.3) is 11.8 Å². The topological polar surface area (TPSA) is 150 Å². The maximum absolute atomic E-state index is 12.6. The van der Waals surface area contributed by atoms with Crippen LogP contribution in [0.25, 0.3) is 0 Å². The molecule has 12 nitrogen and oxygen atoms in total. The van der Waals surface area contributed by atoms with Gasteiger partial charge in [-0.05, 0) is 42.8 Å². The Hall–Kier alpha value is -4.61. The number of carbonyl (C=O) groups excluding carboxylic acids is 5. The van der Waals surface area contributed by atoms with E-state index in [1.165, 1.54) is 50.6 Å². The van der Waals surface area contributed by atoms with Crippen molar-refractivity contribution in [1.29, 1.82) is 0 Å². The number of ether oxygens (including phenoxy) is 4. The quantitative estimate of drug-likeness (QED) is 0.418. The minimum atomic E-state index is -0.858. The largest absolute Gasteiger partial charge is 0.497 e. The number of esters is 2. The Morgan fingerprint density at radius 1 is 0.947 bits per heavy atom. The van der Waals surface area contributed by atoms with Crippen LogP contribution in [0.15, 0.2) is 42.5 Å². The third-order valence-electron chi connectivity index (χ3n) is 5.50. The maximum Gasteiger partial charge on any atom is 0.338 e.